The van der Waals surface area contributed by atoms with E-state index >= 15 is 0 Å². The Morgan fingerprint density at radius 1 is 1.06 bits per heavy atom. The van der Waals surface area contributed by atoms with E-state index in [2.05, 4.69) is 39.8 Å². The lowest BCUT2D eigenvalue weighted by Gasteiger charge is -2.07. The number of hydrogen-bond donors (Lipinski definition) is 2. The van der Waals surface area contributed by atoms with Crippen LogP contribution in [0.4, 0.5) is 0 Å². The Balaban J connectivity index is 1.35. The minimum atomic E-state index is -0.439. The minimum absolute atomic E-state index is 0.270. The normalized spacial score (nSPS) is 11.0. The van der Waals surface area contributed by atoms with E-state index in [1.807, 2.05) is 36.4 Å². The van der Waals surface area contributed by atoms with Crippen molar-refractivity contribution >= 4 is 35.3 Å². The Hall–Kier alpha value is -3.61. The van der Waals surface area contributed by atoms with Gasteiger partial charge in [0.05, 0.1) is 22.0 Å². The molecule has 0 aliphatic rings. The molecule has 3 aromatic carbocycles. The number of carbonyl (C=O) groups excluding carboxylic acids is 1. The molecule has 4 rings (SSSR count). The summed E-state index contributed by atoms with van der Waals surface area (Å²) in [5.41, 5.74) is 7.02. The minimum Gasteiger partial charge on any atom is -0.489 e. The molecule has 0 fully saturated rings. The number of ether oxygens (including phenoxy) is 1. The van der Waals surface area contributed by atoms with Crippen molar-refractivity contribution < 1.29 is 9.53 Å². The number of carbonyl (C=O) groups is 1. The molecule has 33 heavy (non-hydrogen) atoms. The van der Waals surface area contributed by atoms with Gasteiger partial charge in [-0.25, -0.2) is 5.43 Å². The van der Waals surface area contributed by atoms with Crippen LogP contribution in [0.15, 0.2) is 77.9 Å². The van der Waals surface area contributed by atoms with E-state index in [9.17, 15) is 4.79 Å². The first-order valence-corrected chi connectivity index (χ1v) is 10.9. The van der Waals surface area contributed by atoms with Crippen molar-refractivity contribution in [2.24, 2.45) is 5.10 Å². The third kappa shape index (κ3) is 5.80. The number of benzene rings is 3. The lowest BCUT2D eigenvalue weighted by atomic mass is 10.1. The average Bonchev–Trinajstić information content (AvgIpc) is 3.31. The van der Waals surface area contributed by atoms with E-state index in [1.54, 1.807) is 24.3 Å². The van der Waals surface area contributed by atoms with Crippen molar-refractivity contribution in [1.82, 2.24) is 15.6 Å². The maximum atomic E-state index is 12.4. The molecule has 0 radical (unpaired) electrons. The van der Waals surface area contributed by atoms with Crippen LogP contribution in [-0.2, 0) is 6.61 Å². The summed E-state index contributed by atoms with van der Waals surface area (Å²) < 4.78 is 5.84. The molecular formula is C25H20Cl2N4O2. The van der Waals surface area contributed by atoms with Gasteiger partial charge in [0.15, 0.2) is 0 Å². The van der Waals surface area contributed by atoms with E-state index in [0.717, 1.165) is 16.9 Å². The maximum absolute atomic E-state index is 12.4. The predicted molar refractivity (Wildman–Crippen MR) is 131 cm³/mol. The number of aryl methyl sites for hydroxylation is 1. The number of aromatic nitrogens is 2. The lowest BCUT2D eigenvalue weighted by Crippen LogP contribution is -2.18. The van der Waals surface area contributed by atoms with Crippen molar-refractivity contribution in [3.63, 3.8) is 0 Å². The zero-order chi connectivity index (χ0) is 23.2. The number of nitrogens with zero attached hydrogens (tertiary/aromatic N) is 2. The molecule has 1 aromatic heterocycles. The van der Waals surface area contributed by atoms with Crippen molar-refractivity contribution in [2.45, 2.75) is 13.5 Å². The third-order valence-corrected chi connectivity index (χ3v) is 5.52. The van der Waals surface area contributed by atoms with Gasteiger partial charge in [-0.3, -0.25) is 9.89 Å². The summed E-state index contributed by atoms with van der Waals surface area (Å²) in [6.07, 6.45) is 1.40. The van der Waals surface area contributed by atoms with Crippen molar-refractivity contribution in [1.29, 1.82) is 0 Å². The number of nitrogens with one attached hydrogen (secondary N) is 2. The van der Waals surface area contributed by atoms with E-state index in [1.165, 1.54) is 11.8 Å². The smallest absolute Gasteiger partial charge is 0.289 e. The fourth-order valence-corrected chi connectivity index (χ4v) is 3.50. The molecule has 0 aliphatic carbocycles. The molecule has 4 aromatic rings. The maximum Gasteiger partial charge on any atom is 0.289 e. The summed E-state index contributed by atoms with van der Waals surface area (Å²) in [5.74, 6) is 0.312. The van der Waals surface area contributed by atoms with Gasteiger partial charge in [0.25, 0.3) is 5.91 Å². The van der Waals surface area contributed by atoms with E-state index in [0.29, 0.717) is 27.9 Å². The first-order valence-electron chi connectivity index (χ1n) is 10.1. The van der Waals surface area contributed by atoms with Crippen LogP contribution in [0.1, 0.15) is 27.2 Å². The SMILES string of the molecule is Cc1ccc(COc2ccc(-c3cc(C(=O)NN=Cc4c(Cl)cccc4Cl)[nH]n3)cc2)cc1. The largest absolute Gasteiger partial charge is 0.489 e. The van der Waals surface area contributed by atoms with Crippen molar-refractivity contribution in [3.05, 3.63) is 105 Å². The molecule has 0 bridgehead atoms. The highest BCUT2D eigenvalue weighted by Gasteiger charge is 2.11. The summed E-state index contributed by atoms with van der Waals surface area (Å²) in [7, 11) is 0. The van der Waals surface area contributed by atoms with Crippen LogP contribution in [0.2, 0.25) is 10.0 Å². The molecule has 6 nitrogen and oxygen atoms in total. The summed E-state index contributed by atoms with van der Waals surface area (Å²) >= 11 is 12.2. The Kier molecular flexibility index (Phi) is 7.07. The van der Waals surface area contributed by atoms with E-state index in [-0.39, 0.29) is 5.69 Å². The zero-order valence-corrected chi connectivity index (χ0v) is 19.2. The van der Waals surface area contributed by atoms with E-state index < -0.39 is 5.91 Å². The van der Waals surface area contributed by atoms with Crippen LogP contribution >= 0.6 is 23.2 Å². The standard InChI is InChI=1S/C25H20Cl2N4O2/c1-16-5-7-17(8-6-16)15-33-19-11-9-18(10-12-19)23-13-24(30-29-23)25(32)31-28-14-20-21(26)3-2-4-22(20)27/h2-14H,15H2,1H3,(H,29,30)(H,31,32). The lowest BCUT2D eigenvalue weighted by molar-refractivity contribution is 0.0950. The topological polar surface area (TPSA) is 79.4 Å². The molecule has 2 N–H and O–H groups in total. The van der Waals surface area contributed by atoms with Crippen LogP contribution in [0.3, 0.4) is 0 Å². The molecule has 0 spiro atoms. The molecular weight excluding hydrogens is 459 g/mol. The molecule has 1 heterocycles. The summed E-state index contributed by atoms with van der Waals surface area (Å²) in [5, 5.41) is 11.7. The highest BCUT2D eigenvalue weighted by atomic mass is 35.5. The van der Waals surface area contributed by atoms with Crippen molar-refractivity contribution in [3.8, 4) is 17.0 Å². The quantitative estimate of drug-likeness (QED) is 0.251. The highest BCUT2D eigenvalue weighted by Crippen LogP contribution is 2.23. The van der Waals surface area contributed by atoms with Crippen LogP contribution in [0.5, 0.6) is 5.75 Å². The van der Waals surface area contributed by atoms with Crippen LogP contribution < -0.4 is 10.2 Å². The predicted octanol–water partition coefficient (Wildman–Crippen LogP) is 6.03. The Labute approximate surface area is 201 Å². The van der Waals surface area contributed by atoms with Crippen LogP contribution in [0, 0.1) is 6.92 Å². The number of hydrogen-bond acceptors (Lipinski definition) is 4. The van der Waals surface area contributed by atoms with Crippen LogP contribution in [0.25, 0.3) is 11.3 Å². The van der Waals surface area contributed by atoms with Gasteiger partial charge in [0.1, 0.15) is 18.1 Å². The van der Waals surface area contributed by atoms with Crippen LogP contribution in [-0.4, -0.2) is 22.3 Å². The first-order chi connectivity index (χ1) is 16.0. The molecule has 0 atom stereocenters. The summed E-state index contributed by atoms with van der Waals surface area (Å²) in [6.45, 7) is 2.55. The Bertz CT molecular complexity index is 1260. The second kappa shape index (κ2) is 10.3. The van der Waals surface area contributed by atoms with Gasteiger partial charge in [-0.2, -0.15) is 10.2 Å². The third-order valence-electron chi connectivity index (χ3n) is 4.86. The van der Waals surface area contributed by atoms with Gasteiger partial charge < -0.3 is 4.74 Å². The molecule has 0 saturated heterocycles. The molecule has 0 saturated carbocycles. The fraction of sp³-hybridized carbons (Fsp3) is 0.0800. The molecule has 0 aliphatic heterocycles. The monoisotopic (exact) mass is 478 g/mol. The zero-order valence-electron chi connectivity index (χ0n) is 17.7. The number of H-pyrrole nitrogens is 1. The molecule has 0 unspecified atom stereocenters. The highest BCUT2D eigenvalue weighted by molar-refractivity contribution is 6.38. The van der Waals surface area contributed by atoms with Gasteiger partial charge in [-0.05, 0) is 55.0 Å². The first kappa shape index (κ1) is 22.6. The second-order valence-corrected chi connectivity index (χ2v) is 8.11. The van der Waals surface area contributed by atoms with Gasteiger partial charge >= 0.3 is 0 Å². The number of hydrazone groups is 1. The number of halogens is 2. The van der Waals surface area contributed by atoms with Gasteiger partial charge in [-0.15, -0.1) is 0 Å². The Morgan fingerprint density at radius 2 is 1.76 bits per heavy atom. The van der Waals surface area contributed by atoms with Crippen molar-refractivity contribution in [2.75, 3.05) is 0 Å². The number of aromatic amines is 1. The summed E-state index contributed by atoms with van der Waals surface area (Å²) in [4.78, 5) is 12.4. The second-order valence-electron chi connectivity index (χ2n) is 7.30. The number of amides is 1. The Morgan fingerprint density at radius 3 is 2.45 bits per heavy atom. The van der Waals surface area contributed by atoms with Gasteiger partial charge in [0.2, 0.25) is 0 Å². The van der Waals surface area contributed by atoms with Gasteiger partial charge in [-0.1, -0.05) is 59.1 Å². The fourth-order valence-electron chi connectivity index (χ4n) is 3.01. The number of rotatable bonds is 7. The molecule has 1 amide bonds. The average molecular weight is 479 g/mol. The summed E-state index contributed by atoms with van der Waals surface area (Å²) in [6, 6.07) is 22.5. The van der Waals surface area contributed by atoms with Gasteiger partial charge in [0, 0.05) is 11.1 Å². The molecule has 166 valence electrons. The van der Waals surface area contributed by atoms with E-state index in [4.69, 9.17) is 27.9 Å². The molecule has 8 heteroatoms.